The average molecular weight is 517 g/mol. The number of fused-ring (bicyclic) bond motifs is 9. The highest BCUT2D eigenvalue weighted by molar-refractivity contribution is 8.00. The molecule has 2 bridgehead atoms. The molecule has 2 aliphatic carbocycles. The lowest BCUT2D eigenvalue weighted by atomic mass is 9.68. The Morgan fingerprint density at radius 3 is 2.63 bits per heavy atom. The van der Waals surface area contributed by atoms with Crippen molar-refractivity contribution in [3.63, 3.8) is 0 Å². The van der Waals surface area contributed by atoms with E-state index in [2.05, 4.69) is 4.98 Å². The first kappa shape index (κ1) is 22.7. The number of aliphatic carboxylic acids is 1. The monoisotopic (exact) mass is 516 g/mol. The number of phenols is 1. The number of ether oxygens (including phenoxy) is 1. The molecule has 0 radical (unpaired) electrons. The number of carbonyl (C=O) groups excluding carboxylic acids is 2. The van der Waals surface area contributed by atoms with Crippen LogP contribution >= 0.6 is 23.1 Å². The number of aromatic nitrogens is 1. The summed E-state index contributed by atoms with van der Waals surface area (Å²) in [5.74, 6) is -3.05. The Balaban J connectivity index is 1.45. The second-order valence-electron chi connectivity index (χ2n) is 9.68. The largest absolute Gasteiger partial charge is 0.504 e. The summed E-state index contributed by atoms with van der Waals surface area (Å²) in [4.78, 5) is 55.3. The molecule has 2 aliphatic heterocycles. The number of aromatic hydroxyl groups is 1. The summed E-state index contributed by atoms with van der Waals surface area (Å²) < 4.78 is 5.62. The number of amides is 2. The number of nitrogens with zero attached hydrogens (tertiary/aromatic N) is 1. The molecule has 2 aromatic rings. The van der Waals surface area contributed by atoms with E-state index in [0.29, 0.717) is 12.4 Å². The van der Waals surface area contributed by atoms with Crippen LogP contribution in [0.4, 0.5) is 0 Å². The van der Waals surface area contributed by atoms with Crippen molar-refractivity contribution in [2.45, 2.75) is 42.5 Å². The molecule has 6 rings (SSSR count). The van der Waals surface area contributed by atoms with Crippen LogP contribution in [0.15, 0.2) is 28.0 Å². The molecule has 0 spiro atoms. The van der Waals surface area contributed by atoms with Gasteiger partial charge in [-0.05, 0) is 55.7 Å². The number of carboxylic acids is 1. The predicted molar refractivity (Wildman–Crippen MR) is 127 cm³/mol. The maximum atomic E-state index is 13.4. The molecule has 2 amide bonds. The van der Waals surface area contributed by atoms with Gasteiger partial charge >= 0.3 is 10.8 Å². The van der Waals surface area contributed by atoms with Gasteiger partial charge in [0.1, 0.15) is 6.04 Å². The van der Waals surface area contributed by atoms with Crippen LogP contribution in [-0.2, 0) is 14.4 Å². The Bertz CT molecular complexity index is 1320. The van der Waals surface area contributed by atoms with Crippen molar-refractivity contribution >= 4 is 40.9 Å². The number of thioether (sulfide) groups is 1. The second-order valence-corrected chi connectivity index (χ2v) is 11.9. The zero-order valence-electron chi connectivity index (χ0n) is 19.0. The Hall–Kier alpha value is -2.79. The minimum Gasteiger partial charge on any atom is -0.504 e. The third kappa shape index (κ3) is 3.07. The van der Waals surface area contributed by atoms with Crippen molar-refractivity contribution in [3.8, 4) is 11.5 Å². The summed E-state index contributed by atoms with van der Waals surface area (Å²) in [6.07, 6.45) is 0.719. The number of aromatic amines is 1. The van der Waals surface area contributed by atoms with Gasteiger partial charge in [0.2, 0.25) is 11.8 Å². The first-order valence-corrected chi connectivity index (χ1v) is 13.4. The first-order valence-electron chi connectivity index (χ1n) is 11.7. The lowest BCUT2D eigenvalue weighted by Gasteiger charge is -2.43. The number of H-pyrrole nitrogens is 1. The van der Waals surface area contributed by atoms with Gasteiger partial charge in [0.25, 0.3) is 0 Å². The van der Waals surface area contributed by atoms with E-state index < -0.39 is 29.8 Å². The van der Waals surface area contributed by atoms with Gasteiger partial charge in [-0.1, -0.05) is 17.4 Å². The van der Waals surface area contributed by atoms with Crippen LogP contribution in [0.2, 0.25) is 0 Å². The number of benzene rings is 1. The number of nitrogens with one attached hydrogen (secondary N) is 1. The van der Waals surface area contributed by atoms with Gasteiger partial charge in [0.15, 0.2) is 11.5 Å². The summed E-state index contributed by atoms with van der Waals surface area (Å²) >= 11 is 2.73. The molecular weight excluding hydrogens is 492 g/mol. The Labute approximate surface area is 208 Å². The predicted octanol–water partition coefficient (Wildman–Crippen LogP) is 2.49. The molecule has 3 fully saturated rings. The molecule has 1 saturated heterocycles. The standard InChI is InChI=1S/C24H24N2O7S2/c1-3-33-13-6-9(4-5-12(13)27)14-15-10-7-11(18(15)34-20-19(14)35-24(32)25-20)17-16(10)21(28)26(22(17)29)8(2)23(30)31/h4-6,8,10-11,14-18,27H,3,7H2,1-2H3,(H,25,32)(H,30,31)/t8-,10-,11+,14-,15+,16+,17+,18+/m0/s1. The molecule has 3 heterocycles. The van der Waals surface area contributed by atoms with E-state index in [1.54, 1.807) is 23.9 Å². The number of carboxylic acid groups (broad SMARTS) is 1. The molecule has 9 nitrogen and oxygen atoms in total. The molecule has 0 unspecified atom stereocenters. The zero-order valence-corrected chi connectivity index (χ0v) is 20.6. The fourth-order valence-electron chi connectivity index (χ4n) is 6.90. The lowest BCUT2D eigenvalue weighted by molar-refractivity contribution is -0.154. The number of hydrogen-bond acceptors (Lipinski definition) is 8. The normalized spacial score (nSPS) is 33.4. The minimum atomic E-state index is -1.20. The topological polar surface area (TPSA) is 137 Å². The van der Waals surface area contributed by atoms with E-state index in [-0.39, 0.29) is 45.5 Å². The molecule has 1 aromatic carbocycles. The van der Waals surface area contributed by atoms with E-state index in [1.165, 1.54) is 6.92 Å². The van der Waals surface area contributed by atoms with Gasteiger partial charge in [0.05, 0.1) is 23.5 Å². The fraction of sp³-hybridized carbons (Fsp3) is 0.500. The number of imide groups is 1. The van der Waals surface area contributed by atoms with Crippen LogP contribution < -0.4 is 9.61 Å². The molecule has 1 aromatic heterocycles. The van der Waals surface area contributed by atoms with E-state index >= 15 is 0 Å². The molecule has 184 valence electrons. The number of carbonyl (C=O) groups is 3. The highest BCUT2D eigenvalue weighted by atomic mass is 32.2. The van der Waals surface area contributed by atoms with Gasteiger partial charge in [-0.25, -0.2) is 4.79 Å². The number of likely N-dealkylation sites (tertiary alicyclic amines) is 1. The van der Waals surface area contributed by atoms with Crippen molar-refractivity contribution in [1.82, 2.24) is 9.88 Å². The number of thiazole rings is 1. The van der Waals surface area contributed by atoms with Crippen LogP contribution in [0.25, 0.3) is 0 Å². The number of phenolic OH excluding ortho intramolecular Hbond substituents is 1. The van der Waals surface area contributed by atoms with Crippen LogP contribution in [0.5, 0.6) is 11.5 Å². The summed E-state index contributed by atoms with van der Waals surface area (Å²) in [6.45, 7) is 3.59. The maximum absolute atomic E-state index is 13.4. The van der Waals surface area contributed by atoms with Gasteiger partial charge in [-0.2, -0.15) is 0 Å². The average Bonchev–Trinajstić information content (AvgIpc) is 3.54. The molecular formula is C24H24N2O7S2. The van der Waals surface area contributed by atoms with Gasteiger partial charge in [-0.15, -0.1) is 11.8 Å². The number of rotatable bonds is 5. The fourth-order valence-corrected chi connectivity index (χ4v) is 9.79. The molecule has 11 heteroatoms. The molecule has 4 aliphatic rings. The second kappa shape index (κ2) is 7.86. The third-order valence-corrected chi connectivity index (χ3v) is 10.7. The van der Waals surface area contributed by atoms with Gasteiger partial charge < -0.3 is 19.9 Å². The van der Waals surface area contributed by atoms with E-state index in [0.717, 1.165) is 38.1 Å². The maximum Gasteiger partial charge on any atom is 0.326 e. The SMILES string of the molecule is CCOc1cc([C@@H]2c3sc(=O)[nH]c3S[C@@H]3[C@@H]4C[C@H]([C@H]5C(=O)N([C@@H](C)C(=O)O)C(=O)[C@H]45)[C@H]23)ccc1O. The quantitative estimate of drug-likeness (QED) is 0.516. The van der Waals surface area contributed by atoms with Crippen LogP contribution in [0, 0.1) is 29.6 Å². The summed E-state index contributed by atoms with van der Waals surface area (Å²) in [5, 5.41) is 20.5. The molecule has 2 saturated carbocycles. The summed E-state index contributed by atoms with van der Waals surface area (Å²) in [7, 11) is 0. The summed E-state index contributed by atoms with van der Waals surface area (Å²) in [5.41, 5.74) is 0.884. The van der Waals surface area contributed by atoms with Crippen molar-refractivity contribution in [1.29, 1.82) is 0 Å². The van der Waals surface area contributed by atoms with E-state index in [9.17, 15) is 29.4 Å². The number of hydrogen-bond donors (Lipinski definition) is 3. The van der Waals surface area contributed by atoms with Crippen molar-refractivity contribution in [2.24, 2.45) is 29.6 Å². The van der Waals surface area contributed by atoms with Crippen molar-refractivity contribution in [3.05, 3.63) is 38.3 Å². The van der Waals surface area contributed by atoms with Crippen molar-refractivity contribution in [2.75, 3.05) is 6.61 Å². The van der Waals surface area contributed by atoms with Gasteiger partial charge in [0, 0.05) is 16.0 Å². The van der Waals surface area contributed by atoms with E-state index in [4.69, 9.17) is 4.74 Å². The first-order chi connectivity index (χ1) is 16.7. The molecule has 35 heavy (non-hydrogen) atoms. The van der Waals surface area contributed by atoms with Crippen LogP contribution in [0.3, 0.4) is 0 Å². The van der Waals surface area contributed by atoms with Crippen LogP contribution in [0.1, 0.15) is 36.6 Å². The smallest absolute Gasteiger partial charge is 0.326 e. The Morgan fingerprint density at radius 1 is 1.23 bits per heavy atom. The summed E-state index contributed by atoms with van der Waals surface area (Å²) in [6, 6.07) is 4.01. The highest BCUT2D eigenvalue weighted by Gasteiger charge is 2.70. The molecule has 3 N–H and O–H groups in total. The lowest BCUT2D eigenvalue weighted by Crippen LogP contribution is -2.44. The van der Waals surface area contributed by atoms with Crippen molar-refractivity contribution < 1.29 is 29.3 Å². The Kier molecular flexibility index (Phi) is 5.09. The highest BCUT2D eigenvalue weighted by Crippen LogP contribution is 2.68. The van der Waals surface area contributed by atoms with Gasteiger partial charge in [-0.3, -0.25) is 19.3 Å². The molecule has 8 atom stereocenters. The minimum absolute atomic E-state index is 0.00480. The zero-order chi connectivity index (χ0) is 24.8. The van der Waals surface area contributed by atoms with Crippen LogP contribution in [-0.4, -0.2) is 55.8 Å². The third-order valence-electron chi connectivity index (χ3n) is 8.15. The Morgan fingerprint density at radius 2 is 1.94 bits per heavy atom. The van der Waals surface area contributed by atoms with E-state index in [1.807, 2.05) is 13.0 Å².